The van der Waals surface area contributed by atoms with Gasteiger partial charge in [0, 0.05) is 54.6 Å². The Morgan fingerprint density at radius 2 is 1.60 bits per heavy atom. The molecular weight excluding hydrogens is 554 g/mol. The fourth-order valence-electron chi connectivity index (χ4n) is 5.83. The molecule has 1 fully saturated rings. The monoisotopic (exact) mass is 599 g/mol. The van der Waals surface area contributed by atoms with Crippen LogP contribution in [0.4, 0.5) is 10.5 Å². The smallest absolute Gasteiger partial charge is 0.410 e. The van der Waals surface area contributed by atoms with Crippen LogP contribution in [0.1, 0.15) is 67.9 Å². The van der Waals surface area contributed by atoms with E-state index < -0.39 is 13.7 Å². The van der Waals surface area contributed by atoms with Crippen molar-refractivity contribution in [3.05, 3.63) is 60.7 Å². The molecule has 1 aliphatic heterocycles. The average molecular weight is 600 g/mol. The quantitative estimate of drug-likeness (QED) is 0.208. The molecule has 2 aromatic heterocycles. The summed E-state index contributed by atoms with van der Waals surface area (Å²) in [7, 11) is -1.83. The standard InChI is InChI=1S/C34H45N5O3Si/c1-23(2)43(24(3)4,25(5)6)14-13-26-11-10-12-31(15-26)41-32-36-18-28(19-37-32)27-16-29(20-35-17-27)38-30-21-39(22-30)33(40)42-34(7,8)9/h10-12,15-20,23-25,30,38H,21-22H2,1-9H3. The lowest BCUT2D eigenvalue weighted by Crippen LogP contribution is -2.57. The fourth-order valence-corrected chi connectivity index (χ4v) is 11.1. The van der Waals surface area contributed by atoms with E-state index in [9.17, 15) is 4.79 Å². The number of anilines is 1. The molecule has 3 aromatic rings. The summed E-state index contributed by atoms with van der Waals surface area (Å²) in [4.78, 5) is 27.2. The summed E-state index contributed by atoms with van der Waals surface area (Å²) < 4.78 is 11.4. The highest BCUT2D eigenvalue weighted by Crippen LogP contribution is 2.40. The number of likely N-dealkylation sites (tertiary alicyclic amines) is 1. The highest BCUT2D eigenvalue weighted by atomic mass is 28.3. The van der Waals surface area contributed by atoms with Gasteiger partial charge in [0.2, 0.25) is 0 Å². The van der Waals surface area contributed by atoms with Crippen LogP contribution in [0.3, 0.4) is 0 Å². The molecule has 4 rings (SSSR count). The van der Waals surface area contributed by atoms with E-state index in [0.717, 1.165) is 22.4 Å². The van der Waals surface area contributed by atoms with Crippen molar-refractivity contribution in [2.24, 2.45) is 0 Å². The molecule has 0 spiro atoms. The number of pyridine rings is 1. The lowest BCUT2D eigenvalue weighted by Gasteiger charge is -2.40. The molecule has 1 saturated heterocycles. The molecule has 1 amide bonds. The Balaban J connectivity index is 1.39. The number of carbonyl (C=O) groups excluding carboxylic acids is 1. The molecule has 0 radical (unpaired) electrons. The minimum Gasteiger partial charge on any atom is -0.444 e. The maximum Gasteiger partial charge on any atom is 0.410 e. The third-order valence-electron chi connectivity index (χ3n) is 7.94. The van der Waals surface area contributed by atoms with Gasteiger partial charge < -0.3 is 19.7 Å². The summed E-state index contributed by atoms with van der Waals surface area (Å²) in [6.07, 6.45) is 6.71. The Hall–Kier alpha value is -3.90. The van der Waals surface area contributed by atoms with Crippen LogP contribution in [0.15, 0.2) is 55.1 Å². The Morgan fingerprint density at radius 1 is 0.953 bits per heavy atom. The molecule has 9 heteroatoms. The maximum absolute atomic E-state index is 12.2. The van der Waals surface area contributed by atoms with Crippen LogP contribution in [-0.2, 0) is 4.74 Å². The van der Waals surface area contributed by atoms with Crippen LogP contribution in [0.5, 0.6) is 11.8 Å². The van der Waals surface area contributed by atoms with E-state index >= 15 is 0 Å². The molecule has 1 N–H and O–H groups in total. The first-order valence-corrected chi connectivity index (χ1v) is 17.3. The van der Waals surface area contributed by atoms with Gasteiger partial charge in [-0.1, -0.05) is 53.5 Å². The van der Waals surface area contributed by atoms with Crippen molar-refractivity contribution in [3.63, 3.8) is 0 Å². The minimum absolute atomic E-state index is 0.136. The average Bonchev–Trinajstić information content (AvgIpc) is 2.90. The highest BCUT2D eigenvalue weighted by Gasteiger charge is 2.41. The highest BCUT2D eigenvalue weighted by molar-refractivity contribution is 6.90. The second kappa shape index (κ2) is 13.2. The number of nitrogens with zero attached hydrogens (tertiary/aromatic N) is 4. The van der Waals surface area contributed by atoms with E-state index in [1.54, 1.807) is 29.7 Å². The van der Waals surface area contributed by atoms with Crippen LogP contribution in [0.25, 0.3) is 11.1 Å². The lowest BCUT2D eigenvalue weighted by molar-refractivity contribution is 0.0105. The molecule has 0 saturated carbocycles. The Kier molecular flexibility index (Phi) is 9.81. The normalized spacial score (nSPS) is 13.9. The molecule has 0 bridgehead atoms. The summed E-state index contributed by atoms with van der Waals surface area (Å²) in [5.74, 6) is 4.13. The summed E-state index contributed by atoms with van der Waals surface area (Å²) in [5.41, 5.74) is 8.50. The minimum atomic E-state index is -1.83. The fraction of sp³-hybridized carbons (Fsp3) is 0.471. The summed E-state index contributed by atoms with van der Waals surface area (Å²) in [5, 5.41) is 3.44. The van der Waals surface area contributed by atoms with Gasteiger partial charge in [-0.15, -0.1) is 5.54 Å². The zero-order valence-corrected chi connectivity index (χ0v) is 27.9. The van der Waals surface area contributed by atoms with Crippen molar-refractivity contribution in [1.29, 1.82) is 0 Å². The van der Waals surface area contributed by atoms with Gasteiger partial charge in [-0.25, -0.2) is 14.8 Å². The van der Waals surface area contributed by atoms with E-state index in [-0.39, 0.29) is 18.1 Å². The number of carbonyl (C=O) groups is 1. The van der Waals surface area contributed by atoms with Gasteiger partial charge in [-0.2, -0.15) is 0 Å². The van der Waals surface area contributed by atoms with Crippen LogP contribution in [0, 0.1) is 11.5 Å². The third-order valence-corrected chi connectivity index (χ3v) is 14.2. The number of hydrogen-bond acceptors (Lipinski definition) is 7. The summed E-state index contributed by atoms with van der Waals surface area (Å²) in [6.45, 7) is 20.7. The van der Waals surface area contributed by atoms with Crippen molar-refractivity contribution in [2.45, 2.75) is 90.6 Å². The Bertz CT molecular complexity index is 1440. The Labute approximate surface area is 257 Å². The van der Waals surface area contributed by atoms with Gasteiger partial charge in [0.1, 0.15) is 19.4 Å². The topological polar surface area (TPSA) is 89.5 Å². The number of ether oxygens (including phenoxy) is 2. The molecule has 0 aliphatic carbocycles. The second-order valence-corrected chi connectivity index (χ2v) is 18.8. The number of hydrogen-bond donors (Lipinski definition) is 1. The first-order valence-electron chi connectivity index (χ1n) is 15.1. The number of aromatic nitrogens is 3. The van der Waals surface area contributed by atoms with E-state index in [1.807, 2.05) is 51.1 Å². The number of benzene rings is 1. The zero-order valence-electron chi connectivity index (χ0n) is 26.9. The van der Waals surface area contributed by atoms with Crippen molar-refractivity contribution < 1.29 is 14.3 Å². The molecule has 43 heavy (non-hydrogen) atoms. The molecule has 8 nitrogen and oxygen atoms in total. The van der Waals surface area contributed by atoms with Crippen molar-refractivity contribution >= 4 is 19.9 Å². The van der Waals surface area contributed by atoms with E-state index in [1.165, 1.54) is 0 Å². The van der Waals surface area contributed by atoms with Crippen LogP contribution >= 0.6 is 0 Å². The van der Waals surface area contributed by atoms with Gasteiger partial charge in [-0.05, 0) is 61.7 Å². The molecular formula is C34H45N5O3Si. The molecule has 228 valence electrons. The van der Waals surface area contributed by atoms with Gasteiger partial charge in [0.05, 0.1) is 11.7 Å². The van der Waals surface area contributed by atoms with Crippen molar-refractivity contribution in [2.75, 3.05) is 18.4 Å². The van der Waals surface area contributed by atoms with Crippen molar-refractivity contribution in [3.8, 4) is 34.4 Å². The van der Waals surface area contributed by atoms with Crippen molar-refractivity contribution in [1.82, 2.24) is 19.9 Å². The van der Waals surface area contributed by atoms with Crippen LogP contribution < -0.4 is 10.1 Å². The van der Waals surface area contributed by atoms with E-state index in [4.69, 9.17) is 9.47 Å². The SMILES string of the molecule is CC(C)[Si](C#Cc1cccc(Oc2ncc(-c3cncc(NC4CN(C(=O)OC(C)(C)C)C4)c3)cn2)c1)(C(C)C)C(C)C. The van der Waals surface area contributed by atoms with E-state index in [0.29, 0.717) is 35.5 Å². The van der Waals surface area contributed by atoms with Crippen LogP contribution in [-0.4, -0.2) is 58.8 Å². The van der Waals surface area contributed by atoms with Crippen LogP contribution in [0.2, 0.25) is 16.6 Å². The molecule has 1 aliphatic rings. The zero-order chi connectivity index (χ0) is 31.4. The number of amides is 1. The first kappa shape index (κ1) is 32.0. The second-order valence-electron chi connectivity index (χ2n) is 13.2. The molecule has 0 atom stereocenters. The third kappa shape index (κ3) is 7.93. The first-order chi connectivity index (χ1) is 20.3. The number of rotatable bonds is 8. The Morgan fingerprint density at radius 3 is 2.21 bits per heavy atom. The molecule has 3 heterocycles. The van der Waals surface area contributed by atoms with E-state index in [2.05, 4.69) is 73.3 Å². The van der Waals surface area contributed by atoms with Gasteiger partial charge in [0.15, 0.2) is 0 Å². The summed E-state index contributed by atoms with van der Waals surface area (Å²) in [6, 6.07) is 10.2. The van der Waals surface area contributed by atoms with Gasteiger partial charge >= 0.3 is 12.1 Å². The lowest BCUT2D eigenvalue weighted by atomic mass is 10.1. The predicted octanol–water partition coefficient (Wildman–Crippen LogP) is 7.93. The predicted molar refractivity (Wildman–Crippen MR) is 175 cm³/mol. The summed E-state index contributed by atoms with van der Waals surface area (Å²) >= 11 is 0. The largest absolute Gasteiger partial charge is 0.444 e. The molecule has 0 unspecified atom stereocenters. The maximum atomic E-state index is 12.2. The van der Waals surface area contributed by atoms with Gasteiger partial charge in [-0.3, -0.25) is 4.98 Å². The molecule has 1 aromatic carbocycles. The number of nitrogens with one attached hydrogen (secondary N) is 1. The van der Waals surface area contributed by atoms with Gasteiger partial charge in [0.25, 0.3) is 0 Å².